The summed E-state index contributed by atoms with van der Waals surface area (Å²) in [4.78, 5) is 4.74. The number of thiazole rings is 1. The Kier molecular flexibility index (Phi) is 5.26. The molecule has 1 unspecified atom stereocenters. The van der Waals surface area contributed by atoms with Crippen LogP contribution in [0, 0.1) is 0 Å². The van der Waals surface area contributed by atoms with Crippen molar-refractivity contribution >= 4 is 32.9 Å². The minimum absolute atomic E-state index is 0.292. The smallest absolute Gasteiger partial charge is 0.187 e. The van der Waals surface area contributed by atoms with Gasteiger partial charge in [-0.15, -0.1) is 11.3 Å². The van der Waals surface area contributed by atoms with Gasteiger partial charge in [0.2, 0.25) is 0 Å². The van der Waals surface area contributed by atoms with Crippen molar-refractivity contribution in [1.82, 2.24) is 10.3 Å². The van der Waals surface area contributed by atoms with Gasteiger partial charge in [0.15, 0.2) is 5.13 Å². The lowest BCUT2D eigenvalue weighted by Crippen LogP contribution is -2.19. The maximum Gasteiger partial charge on any atom is 0.187 e. The quantitative estimate of drug-likeness (QED) is 0.564. The highest BCUT2D eigenvalue weighted by atomic mass is 32.1. The maximum atomic E-state index is 4.74. The minimum atomic E-state index is 0.292. The van der Waals surface area contributed by atoms with Crippen LogP contribution in [0.4, 0.5) is 10.8 Å². The van der Waals surface area contributed by atoms with E-state index >= 15 is 0 Å². The van der Waals surface area contributed by atoms with Gasteiger partial charge in [0.1, 0.15) is 0 Å². The first-order valence-corrected chi connectivity index (χ1v) is 9.09. The zero-order valence-electron chi connectivity index (χ0n) is 13.7. The molecule has 120 valence electrons. The van der Waals surface area contributed by atoms with E-state index in [1.165, 1.54) is 23.6 Å². The Morgan fingerprint density at radius 2 is 1.96 bits per heavy atom. The van der Waals surface area contributed by atoms with Crippen LogP contribution < -0.4 is 10.6 Å². The Morgan fingerprint density at radius 1 is 1.13 bits per heavy atom. The van der Waals surface area contributed by atoms with E-state index in [9.17, 15) is 0 Å². The molecule has 1 atom stereocenters. The largest absolute Gasteiger partial charge is 0.331 e. The van der Waals surface area contributed by atoms with E-state index in [1.54, 1.807) is 11.3 Å². The van der Waals surface area contributed by atoms with Crippen LogP contribution in [0.1, 0.15) is 38.4 Å². The van der Waals surface area contributed by atoms with Crippen LogP contribution in [0.25, 0.3) is 10.8 Å². The molecule has 3 rings (SSSR count). The van der Waals surface area contributed by atoms with Crippen molar-refractivity contribution in [2.24, 2.45) is 0 Å². The van der Waals surface area contributed by atoms with E-state index in [2.05, 4.69) is 72.3 Å². The first kappa shape index (κ1) is 16.0. The van der Waals surface area contributed by atoms with Gasteiger partial charge in [-0.25, -0.2) is 4.98 Å². The summed E-state index contributed by atoms with van der Waals surface area (Å²) in [5.74, 6) is 0. The van der Waals surface area contributed by atoms with Gasteiger partial charge in [-0.2, -0.15) is 0 Å². The molecule has 1 heterocycles. The van der Waals surface area contributed by atoms with Crippen molar-refractivity contribution in [1.29, 1.82) is 0 Å². The Labute approximate surface area is 141 Å². The van der Waals surface area contributed by atoms with Gasteiger partial charge in [0, 0.05) is 22.5 Å². The van der Waals surface area contributed by atoms with E-state index in [-0.39, 0.29) is 0 Å². The number of anilines is 2. The summed E-state index contributed by atoms with van der Waals surface area (Å²) in [7, 11) is 0. The lowest BCUT2D eigenvalue weighted by atomic mass is 10.1. The third kappa shape index (κ3) is 3.89. The predicted octanol–water partition coefficient (Wildman–Crippen LogP) is 5.49. The molecule has 0 aliphatic carbocycles. The highest BCUT2D eigenvalue weighted by Crippen LogP contribution is 2.29. The summed E-state index contributed by atoms with van der Waals surface area (Å²) in [5.41, 5.74) is 2.21. The van der Waals surface area contributed by atoms with Crippen LogP contribution in [0.3, 0.4) is 0 Å². The molecule has 0 fully saturated rings. The molecule has 1 aromatic heterocycles. The molecule has 0 spiro atoms. The highest BCUT2D eigenvalue weighted by Gasteiger charge is 2.10. The Hall–Kier alpha value is -1.91. The van der Waals surface area contributed by atoms with Crippen LogP contribution in [-0.4, -0.2) is 11.5 Å². The summed E-state index contributed by atoms with van der Waals surface area (Å²) in [6.07, 6.45) is 2.42. The van der Waals surface area contributed by atoms with Crippen LogP contribution in [0.5, 0.6) is 0 Å². The Balaban J connectivity index is 1.73. The van der Waals surface area contributed by atoms with E-state index in [0.29, 0.717) is 6.04 Å². The number of unbranched alkanes of at least 4 members (excludes halogenated alkanes) is 1. The number of fused-ring (bicyclic) bond motifs is 1. The molecule has 0 amide bonds. The average molecular weight is 325 g/mol. The highest BCUT2D eigenvalue weighted by molar-refractivity contribution is 7.13. The van der Waals surface area contributed by atoms with Gasteiger partial charge in [0.25, 0.3) is 0 Å². The van der Waals surface area contributed by atoms with Crippen LogP contribution in [0.2, 0.25) is 0 Å². The molecule has 0 aliphatic heterocycles. The second-order valence-electron chi connectivity index (χ2n) is 5.76. The first-order chi connectivity index (χ1) is 11.3. The SMILES string of the molecule is CCCCNC(C)c1csc(Nc2cccc3ccccc23)n1. The van der Waals surface area contributed by atoms with Crippen molar-refractivity contribution in [2.75, 3.05) is 11.9 Å². The molecule has 0 saturated heterocycles. The van der Waals surface area contributed by atoms with Gasteiger partial charge >= 0.3 is 0 Å². The zero-order valence-corrected chi connectivity index (χ0v) is 14.5. The molecule has 0 saturated carbocycles. The number of aromatic nitrogens is 1. The van der Waals surface area contributed by atoms with Gasteiger partial charge in [-0.3, -0.25) is 0 Å². The van der Waals surface area contributed by atoms with Gasteiger partial charge in [-0.1, -0.05) is 49.7 Å². The average Bonchev–Trinajstić information content (AvgIpc) is 3.04. The van der Waals surface area contributed by atoms with Crippen molar-refractivity contribution in [2.45, 2.75) is 32.7 Å². The van der Waals surface area contributed by atoms with Gasteiger partial charge in [-0.05, 0) is 31.3 Å². The van der Waals surface area contributed by atoms with Crippen LogP contribution in [0.15, 0.2) is 47.8 Å². The standard InChI is InChI=1S/C19H23N3S/c1-3-4-12-20-14(2)18-13-23-19(22-18)21-17-11-7-9-15-8-5-6-10-16(15)17/h5-11,13-14,20H,3-4,12H2,1-2H3,(H,21,22). The summed E-state index contributed by atoms with van der Waals surface area (Å²) in [6, 6.07) is 15.0. The number of hydrogen-bond acceptors (Lipinski definition) is 4. The number of rotatable bonds is 7. The first-order valence-electron chi connectivity index (χ1n) is 8.21. The lowest BCUT2D eigenvalue weighted by Gasteiger charge is -2.10. The monoisotopic (exact) mass is 325 g/mol. The zero-order chi connectivity index (χ0) is 16.1. The second kappa shape index (κ2) is 7.57. The molecule has 0 aliphatic rings. The lowest BCUT2D eigenvalue weighted by molar-refractivity contribution is 0.546. The summed E-state index contributed by atoms with van der Waals surface area (Å²) >= 11 is 1.66. The van der Waals surface area contributed by atoms with Crippen LogP contribution >= 0.6 is 11.3 Å². The Morgan fingerprint density at radius 3 is 2.83 bits per heavy atom. The van der Waals surface area contributed by atoms with Gasteiger partial charge in [0.05, 0.1) is 5.69 Å². The fraction of sp³-hybridized carbons (Fsp3) is 0.316. The van der Waals surface area contributed by atoms with Crippen LogP contribution in [-0.2, 0) is 0 Å². The third-order valence-electron chi connectivity index (χ3n) is 3.98. The van der Waals surface area contributed by atoms with Gasteiger partial charge < -0.3 is 10.6 Å². The molecule has 2 aromatic carbocycles. The fourth-order valence-corrected chi connectivity index (χ4v) is 3.41. The molecular formula is C19H23N3S. The molecule has 0 bridgehead atoms. The number of hydrogen-bond donors (Lipinski definition) is 2. The normalized spacial score (nSPS) is 12.4. The topological polar surface area (TPSA) is 37.0 Å². The second-order valence-corrected chi connectivity index (χ2v) is 6.62. The van der Waals surface area contributed by atoms with E-state index in [4.69, 9.17) is 4.98 Å². The molecule has 0 radical (unpaired) electrons. The fourth-order valence-electron chi connectivity index (χ4n) is 2.59. The van der Waals surface area contributed by atoms with E-state index in [0.717, 1.165) is 23.1 Å². The molecular weight excluding hydrogens is 302 g/mol. The number of nitrogens with zero attached hydrogens (tertiary/aromatic N) is 1. The van der Waals surface area contributed by atoms with Crippen molar-refractivity contribution in [3.8, 4) is 0 Å². The third-order valence-corrected chi connectivity index (χ3v) is 4.75. The number of benzene rings is 2. The molecule has 3 aromatic rings. The van der Waals surface area contributed by atoms with Crippen molar-refractivity contribution < 1.29 is 0 Å². The Bertz CT molecular complexity index is 761. The maximum absolute atomic E-state index is 4.74. The minimum Gasteiger partial charge on any atom is -0.331 e. The van der Waals surface area contributed by atoms with E-state index in [1.807, 2.05) is 0 Å². The summed E-state index contributed by atoms with van der Waals surface area (Å²) < 4.78 is 0. The summed E-state index contributed by atoms with van der Waals surface area (Å²) in [6.45, 7) is 5.43. The molecule has 23 heavy (non-hydrogen) atoms. The van der Waals surface area contributed by atoms with Crippen molar-refractivity contribution in [3.63, 3.8) is 0 Å². The molecule has 4 heteroatoms. The number of nitrogens with one attached hydrogen (secondary N) is 2. The summed E-state index contributed by atoms with van der Waals surface area (Å²) in [5, 5.41) is 12.5. The molecule has 2 N–H and O–H groups in total. The van der Waals surface area contributed by atoms with E-state index < -0.39 is 0 Å². The predicted molar refractivity (Wildman–Crippen MR) is 101 cm³/mol. The molecule has 3 nitrogen and oxygen atoms in total. The van der Waals surface area contributed by atoms with Crippen molar-refractivity contribution in [3.05, 3.63) is 53.5 Å².